The van der Waals surface area contributed by atoms with Crippen LogP contribution in [0.25, 0.3) is 0 Å². The first kappa shape index (κ1) is 20.0. The summed E-state index contributed by atoms with van der Waals surface area (Å²) < 4.78 is 11.6. The van der Waals surface area contributed by atoms with E-state index in [2.05, 4.69) is 18.0 Å². The van der Waals surface area contributed by atoms with Crippen molar-refractivity contribution in [1.82, 2.24) is 4.90 Å². The van der Waals surface area contributed by atoms with Gasteiger partial charge in [0.05, 0.1) is 31.2 Å². The molecule has 1 saturated carbocycles. The van der Waals surface area contributed by atoms with Crippen LogP contribution in [0.5, 0.6) is 0 Å². The molecule has 2 fully saturated rings. The molecule has 31 heavy (non-hydrogen) atoms. The van der Waals surface area contributed by atoms with Crippen LogP contribution in [0.4, 0.5) is 0 Å². The summed E-state index contributed by atoms with van der Waals surface area (Å²) in [5.74, 6) is 0.431. The molecule has 5 rings (SSSR count). The number of hydrogen-bond acceptors (Lipinski definition) is 6. The molecule has 0 radical (unpaired) electrons. The zero-order valence-electron chi connectivity index (χ0n) is 17.6. The van der Waals surface area contributed by atoms with Gasteiger partial charge in [0.15, 0.2) is 5.78 Å². The Morgan fingerprint density at radius 2 is 2.03 bits per heavy atom. The fraction of sp³-hybridized carbons (Fsp3) is 0.500. The predicted molar refractivity (Wildman–Crippen MR) is 113 cm³/mol. The molecule has 1 amide bonds. The number of piperidine rings is 1. The van der Waals surface area contributed by atoms with Crippen molar-refractivity contribution in [3.63, 3.8) is 0 Å². The second-order valence-electron chi connectivity index (χ2n) is 8.86. The van der Waals surface area contributed by atoms with Crippen molar-refractivity contribution in [3.05, 3.63) is 46.5 Å². The summed E-state index contributed by atoms with van der Waals surface area (Å²) in [5, 5.41) is 9.65. The summed E-state index contributed by atoms with van der Waals surface area (Å²) in [7, 11) is 0. The predicted octanol–water partition coefficient (Wildman–Crippen LogP) is 2.56. The molecular weight excluding hydrogens is 394 g/mol. The van der Waals surface area contributed by atoms with Crippen LogP contribution < -0.4 is 0 Å². The van der Waals surface area contributed by atoms with Crippen molar-refractivity contribution >= 4 is 17.6 Å². The van der Waals surface area contributed by atoms with E-state index in [0.717, 1.165) is 36.8 Å². The lowest BCUT2D eigenvalue weighted by Crippen LogP contribution is -2.49. The minimum absolute atomic E-state index is 0.00275. The molecule has 3 aliphatic heterocycles. The highest BCUT2D eigenvalue weighted by Gasteiger charge is 2.47. The molecule has 4 aliphatic rings. The van der Waals surface area contributed by atoms with Gasteiger partial charge in [0, 0.05) is 22.8 Å². The van der Waals surface area contributed by atoms with Gasteiger partial charge in [-0.05, 0) is 44.2 Å². The van der Waals surface area contributed by atoms with E-state index in [1.54, 1.807) is 0 Å². The lowest BCUT2D eigenvalue weighted by atomic mass is 9.91. The summed E-state index contributed by atoms with van der Waals surface area (Å²) in [6.45, 7) is 3.25. The molecule has 160 valence electrons. The van der Waals surface area contributed by atoms with E-state index in [1.165, 1.54) is 0 Å². The van der Waals surface area contributed by atoms with Gasteiger partial charge in [-0.25, -0.2) is 4.99 Å². The normalized spacial score (nSPS) is 26.8. The highest BCUT2D eigenvalue weighted by molar-refractivity contribution is 6.11. The molecule has 0 unspecified atom stereocenters. The number of nitriles is 1. The molecule has 1 aromatic rings. The van der Waals surface area contributed by atoms with E-state index in [-0.39, 0.29) is 30.4 Å². The van der Waals surface area contributed by atoms with Gasteiger partial charge in [-0.2, -0.15) is 5.26 Å². The number of benzene rings is 1. The van der Waals surface area contributed by atoms with Gasteiger partial charge in [-0.1, -0.05) is 18.2 Å². The zero-order chi connectivity index (χ0) is 21.6. The van der Waals surface area contributed by atoms with Gasteiger partial charge in [-0.15, -0.1) is 0 Å². The summed E-state index contributed by atoms with van der Waals surface area (Å²) in [5.41, 5.74) is 2.36. The SMILES string of the molecule is C[C@@H]1CC[C@@H](OC2=NCC(=O)C3=C2COC3)CN1C(=O)c1ccccc1C1(C#N)CC1. The Bertz CT molecular complexity index is 1050. The Balaban J connectivity index is 1.35. The Hall–Kier alpha value is -2.98. The van der Waals surface area contributed by atoms with Crippen molar-refractivity contribution in [1.29, 1.82) is 5.26 Å². The fourth-order valence-electron chi connectivity index (χ4n) is 4.73. The number of Topliss-reactive ketones (excluding diaryl/α,β-unsaturated/α-hetero) is 1. The highest BCUT2D eigenvalue weighted by atomic mass is 16.5. The maximum absolute atomic E-state index is 13.5. The summed E-state index contributed by atoms with van der Waals surface area (Å²) in [6.07, 6.45) is 3.03. The first-order valence-corrected chi connectivity index (χ1v) is 10.9. The van der Waals surface area contributed by atoms with Crippen LogP contribution in [0.3, 0.4) is 0 Å². The van der Waals surface area contributed by atoms with Crippen LogP contribution in [-0.2, 0) is 19.7 Å². The molecule has 1 aliphatic carbocycles. The van der Waals surface area contributed by atoms with E-state index in [1.807, 2.05) is 29.2 Å². The average molecular weight is 419 g/mol. The third-order valence-corrected chi connectivity index (χ3v) is 6.83. The number of likely N-dealkylation sites (tertiary alicyclic amines) is 1. The Kier molecular flexibility index (Phi) is 4.90. The molecule has 1 saturated heterocycles. The van der Waals surface area contributed by atoms with Gasteiger partial charge in [-0.3, -0.25) is 9.59 Å². The monoisotopic (exact) mass is 419 g/mol. The smallest absolute Gasteiger partial charge is 0.254 e. The number of amides is 1. The topological polar surface area (TPSA) is 92.0 Å². The molecule has 2 atom stereocenters. The number of dihydropyridines is 1. The number of nitrogens with zero attached hydrogens (tertiary/aromatic N) is 3. The molecule has 7 heteroatoms. The van der Waals surface area contributed by atoms with Crippen molar-refractivity contribution < 1.29 is 19.1 Å². The molecule has 3 heterocycles. The lowest BCUT2D eigenvalue weighted by molar-refractivity contribution is -0.114. The molecule has 0 spiro atoms. The van der Waals surface area contributed by atoms with Gasteiger partial charge in [0.1, 0.15) is 12.6 Å². The zero-order valence-corrected chi connectivity index (χ0v) is 17.6. The third-order valence-electron chi connectivity index (χ3n) is 6.83. The van der Waals surface area contributed by atoms with E-state index < -0.39 is 5.41 Å². The largest absolute Gasteiger partial charge is 0.472 e. The number of ether oxygens (including phenoxy) is 2. The number of rotatable bonds is 3. The quantitative estimate of drug-likeness (QED) is 0.751. The molecule has 0 bridgehead atoms. The molecule has 0 aromatic heterocycles. The second kappa shape index (κ2) is 7.61. The van der Waals surface area contributed by atoms with E-state index in [0.29, 0.717) is 36.8 Å². The number of carbonyl (C=O) groups excluding carboxylic acids is 2. The van der Waals surface area contributed by atoms with Gasteiger partial charge >= 0.3 is 0 Å². The van der Waals surface area contributed by atoms with Crippen LogP contribution in [0.2, 0.25) is 0 Å². The van der Waals surface area contributed by atoms with Crippen molar-refractivity contribution in [3.8, 4) is 6.07 Å². The number of hydrogen-bond donors (Lipinski definition) is 0. The first-order valence-electron chi connectivity index (χ1n) is 10.9. The van der Waals surface area contributed by atoms with E-state index in [4.69, 9.17) is 9.47 Å². The van der Waals surface area contributed by atoms with Crippen LogP contribution in [0, 0.1) is 11.3 Å². The van der Waals surface area contributed by atoms with E-state index >= 15 is 0 Å². The maximum Gasteiger partial charge on any atom is 0.254 e. The van der Waals surface area contributed by atoms with Crippen LogP contribution >= 0.6 is 0 Å². The van der Waals surface area contributed by atoms with Crippen LogP contribution in [0.15, 0.2) is 40.4 Å². The van der Waals surface area contributed by atoms with Gasteiger partial charge < -0.3 is 14.4 Å². The molecule has 0 N–H and O–H groups in total. The summed E-state index contributed by atoms with van der Waals surface area (Å²) in [4.78, 5) is 31.7. The standard InChI is InChI=1S/C24H25N3O4/c1-15-6-7-16(31-22-19-13-30-12-18(19)21(28)10-26-22)11-27(15)23(29)17-4-2-3-5-20(17)24(14-25)8-9-24/h2-5,15-16H,6-13H2,1H3/t15-,16-/m1/s1. The van der Waals surface area contributed by atoms with Crippen molar-refractivity contribution in [2.45, 2.75) is 50.2 Å². The molecule has 1 aromatic carbocycles. The van der Waals surface area contributed by atoms with E-state index in [9.17, 15) is 14.9 Å². The number of carbonyl (C=O) groups is 2. The molecular formula is C24H25N3O4. The Labute approximate surface area is 181 Å². The maximum atomic E-state index is 13.5. The minimum Gasteiger partial charge on any atom is -0.472 e. The van der Waals surface area contributed by atoms with Crippen LogP contribution in [-0.4, -0.2) is 60.9 Å². The van der Waals surface area contributed by atoms with Crippen LogP contribution in [0.1, 0.15) is 48.5 Å². The minimum atomic E-state index is -0.518. The second-order valence-corrected chi connectivity index (χ2v) is 8.86. The highest BCUT2D eigenvalue weighted by Crippen LogP contribution is 2.49. The molecule has 7 nitrogen and oxygen atoms in total. The average Bonchev–Trinajstić information content (AvgIpc) is 3.43. The number of ketones is 1. The Morgan fingerprint density at radius 1 is 1.26 bits per heavy atom. The lowest BCUT2D eigenvalue weighted by Gasteiger charge is -2.38. The fourth-order valence-corrected chi connectivity index (χ4v) is 4.73. The van der Waals surface area contributed by atoms with Crippen molar-refractivity contribution in [2.75, 3.05) is 26.3 Å². The van der Waals surface area contributed by atoms with Crippen molar-refractivity contribution in [2.24, 2.45) is 4.99 Å². The summed E-state index contributed by atoms with van der Waals surface area (Å²) in [6, 6.07) is 9.98. The first-order chi connectivity index (χ1) is 15.0. The number of aliphatic imine (C=N–C) groups is 1. The van der Waals surface area contributed by atoms with Gasteiger partial charge in [0.25, 0.3) is 5.91 Å². The third kappa shape index (κ3) is 3.45. The Morgan fingerprint density at radius 3 is 2.81 bits per heavy atom. The summed E-state index contributed by atoms with van der Waals surface area (Å²) >= 11 is 0. The van der Waals surface area contributed by atoms with Gasteiger partial charge in [0.2, 0.25) is 5.90 Å².